The number of halogens is 2. The van der Waals surface area contributed by atoms with Gasteiger partial charge in [-0.25, -0.2) is 4.98 Å². The molecule has 1 atom stereocenters. The number of pyridine rings is 1. The number of H-pyrrole nitrogens is 1. The third kappa shape index (κ3) is 3.74. The number of benzene rings is 1. The second-order valence-electron chi connectivity index (χ2n) is 5.02. The molecule has 1 aromatic carbocycles. The van der Waals surface area contributed by atoms with Crippen LogP contribution in [0.2, 0.25) is 1.41 Å². The Bertz CT molecular complexity index is 999. The highest BCUT2D eigenvalue weighted by Crippen LogP contribution is 2.30. The lowest BCUT2D eigenvalue weighted by atomic mass is 10.3. The van der Waals surface area contributed by atoms with Crippen molar-refractivity contribution in [1.82, 2.24) is 14.9 Å². The van der Waals surface area contributed by atoms with Crippen LogP contribution in [0.1, 0.15) is 5.69 Å². The number of ether oxygens (including phenoxy) is 3. The van der Waals surface area contributed by atoms with Crippen molar-refractivity contribution in [2.24, 2.45) is 0 Å². The summed E-state index contributed by atoms with van der Waals surface area (Å²) in [7, 11) is 1.17. The van der Waals surface area contributed by atoms with E-state index in [1.807, 2.05) is 0 Å². The lowest BCUT2D eigenvalue weighted by molar-refractivity contribution is -0.0497. The van der Waals surface area contributed by atoms with E-state index in [2.05, 4.69) is 14.7 Å². The molecule has 0 saturated carbocycles. The fourth-order valence-electron chi connectivity index (χ4n) is 2.34. The molecule has 0 aliphatic heterocycles. The van der Waals surface area contributed by atoms with Crippen LogP contribution < -0.4 is 14.2 Å². The van der Waals surface area contributed by atoms with Crippen LogP contribution in [0.3, 0.4) is 0 Å². The van der Waals surface area contributed by atoms with Gasteiger partial charge in [-0.1, -0.05) is 0 Å². The van der Waals surface area contributed by atoms with Crippen molar-refractivity contribution in [3.8, 4) is 17.2 Å². The Morgan fingerprint density at radius 3 is 2.81 bits per heavy atom. The smallest absolute Gasteiger partial charge is 0.387 e. The number of fused-ring (bicyclic) bond motifs is 1. The maximum Gasteiger partial charge on any atom is 0.387 e. The summed E-state index contributed by atoms with van der Waals surface area (Å²) in [6.45, 7) is -2.97. The zero-order valence-electron chi connectivity index (χ0n) is 14.8. The number of methoxy groups -OCH3 is 2. The Hall–Kier alpha value is -2.75. The molecule has 0 amide bonds. The Morgan fingerprint density at radius 2 is 2.12 bits per heavy atom. The second-order valence-corrected chi connectivity index (χ2v) is 6.36. The topological polar surface area (TPSA) is 86.3 Å². The van der Waals surface area contributed by atoms with E-state index >= 15 is 0 Å². The monoisotopic (exact) mass is 384 g/mol. The highest BCUT2D eigenvalue weighted by atomic mass is 32.2. The van der Waals surface area contributed by atoms with Crippen molar-refractivity contribution in [3.63, 3.8) is 0 Å². The maximum atomic E-state index is 12.8. The molecule has 1 N–H and O–H groups in total. The van der Waals surface area contributed by atoms with E-state index < -0.39 is 17.4 Å². The molecule has 0 radical (unpaired) electrons. The van der Waals surface area contributed by atoms with Crippen LogP contribution in [0.5, 0.6) is 17.2 Å². The molecule has 0 bridgehead atoms. The van der Waals surface area contributed by atoms with Crippen LogP contribution in [0, 0.1) is 0 Å². The first-order valence-corrected chi connectivity index (χ1v) is 8.67. The van der Waals surface area contributed by atoms with Crippen molar-refractivity contribution < 1.29 is 28.6 Å². The summed E-state index contributed by atoms with van der Waals surface area (Å²) in [6, 6.07) is 5.56. The van der Waals surface area contributed by atoms with E-state index in [1.165, 1.54) is 38.6 Å². The van der Waals surface area contributed by atoms with E-state index in [-0.39, 0.29) is 22.2 Å². The number of nitrogens with one attached hydrogen (secondary N) is 1. The average Bonchev–Trinajstić information content (AvgIpc) is 2.97. The van der Waals surface area contributed by atoms with E-state index in [4.69, 9.17) is 10.9 Å². The number of alkyl halides is 2. The first kappa shape index (κ1) is 16.7. The van der Waals surface area contributed by atoms with Gasteiger partial charge in [0.1, 0.15) is 5.75 Å². The van der Waals surface area contributed by atoms with Crippen molar-refractivity contribution in [2.75, 3.05) is 14.2 Å². The van der Waals surface area contributed by atoms with E-state index in [9.17, 15) is 13.0 Å². The molecular weight excluding hydrogens is 368 g/mol. The summed E-state index contributed by atoms with van der Waals surface area (Å²) in [5.41, 5.74) is 0.909. The molecule has 0 aliphatic rings. The standard InChI is InChI=1S/C16H15F2N3O4S/c1-23-13-5-6-19-12(14(13)24-2)8-26(22)16-20-10-4-3-9(25-15(17)18)7-11(10)21-16/h3-7,15H,8H2,1-2H3,(H,20,21)/i/hD. The third-order valence-corrected chi connectivity index (χ3v) is 4.57. The van der Waals surface area contributed by atoms with Crippen LogP contribution in [-0.4, -0.2) is 40.0 Å². The quantitative estimate of drug-likeness (QED) is 0.674. The van der Waals surface area contributed by atoms with Crippen molar-refractivity contribution in [1.29, 1.82) is 0 Å². The molecule has 1 unspecified atom stereocenters. The Balaban J connectivity index is 1.93. The third-order valence-electron chi connectivity index (χ3n) is 3.44. The summed E-state index contributed by atoms with van der Waals surface area (Å²) in [6.07, 6.45) is 1.49. The highest BCUT2D eigenvalue weighted by molar-refractivity contribution is 7.84. The van der Waals surface area contributed by atoms with E-state index in [1.54, 1.807) is 6.07 Å². The molecule has 0 spiro atoms. The predicted molar refractivity (Wildman–Crippen MR) is 90.2 cm³/mol. The summed E-state index contributed by atoms with van der Waals surface area (Å²) < 4.78 is 60.3. The van der Waals surface area contributed by atoms with Gasteiger partial charge in [0, 0.05) is 18.3 Å². The first-order chi connectivity index (χ1) is 12.9. The lowest BCUT2D eigenvalue weighted by Gasteiger charge is -2.10. The predicted octanol–water partition coefficient (Wildman–Crippen LogP) is 2.88. The van der Waals surface area contributed by atoms with E-state index in [0.717, 1.165) is 4.98 Å². The summed E-state index contributed by atoms with van der Waals surface area (Å²) in [4.78, 5) is 9.17. The zero-order chi connectivity index (χ0) is 19.6. The number of imidazole rings is 1. The van der Waals surface area contributed by atoms with Gasteiger partial charge in [0.15, 0.2) is 18.1 Å². The molecule has 26 heavy (non-hydrogen) atoms. The Kier molecular flexibility index (Phi) is 4.91. The Labute approximate surface area is 151 Å². The van der Waals surface area contributed by atoms with Gasteiger partial charge in [0.05, 0.1) is 47.5 Å². The number of aromatic amines is 1. The molecule has 10 heteroatoms. The first-order valence-electron chi connectivity index (χ1n) is 7.80. The van der Waals surface area contributed by atoms with Crippen LogP contribution in [0.4, 0.5) is 8.78 Å². The Morgan fingerprint density at radius 1 is 1.31 bits per heavy atom. The van der Waals surface area contributed by atoms with Gasteiger partial charge in [-0.2, -0.15) is 8.78 Å². The maximum absolute atomic E-state index is 12.8. The number of nitrogens with zero attached hydrogens (tertiary/aromatic N) is 2. The minimum Gasteiger partial charge on any atom is -0.493 e. The summed E-state index contributed by atoms with van der Waals surface area (Å²) in [5.74, 6) is 0.619. The molecule has 7 nitrogen and oxygen atoms in total. The SMILES string of the molecule is [2H]n1c(S(=O)Cc2nccc(OC)c2OC)nc2cc(OC(F)F)ccc21. The van der Waals surface area contributed by atoms with E-state index in [0.29, 0.717) is 22.7 Å². The summed E-state index contributed by atoms with van der Waals surface area (Å²) in [5, 5.41) is -0.0501. The van der Waals surface area contributed by atoms with Gasteiger partial charge in [-0.3, -0.25) is 9.19 Å². The fraction of sp³-hybridized carbons (Fsp3) is 0.250. The normalized spacial score (nSPS) is 12.9. The zero-order valence-corrected chi connectivity index (χ0v) is 14.6. The van der Waals surface area contributed by atoms with Gasteiger partial charge in [0.25, 0.3) is 0 Å². The van der Waals surface area contributed by atoms with Crippen LogP contribution in [0.15, 0.2) is 35.6 Å². The van der Waals surface area contributed by atoms with Crippen molar-refractivity contribution in [3.05, 3.63) is 36.2 Å². The van der Waals surface area contributed by atoms with Gasteiger partial charge in [0.2, 0.25) is 0 Å². The molecule has 0 fully saturated rings. The van der Waals surface area contributed by atoms with Crippen molar-refractivity contribution in [2.45, 2.75) is 17.5 Å². The number of hydrogen-bond acceptors (Lipinski definition) is 6. The number of hydrogen-bond donors (Lipinski definition) is 1. The van der Waals surface area contributed by atoms with Gasteiger partial charge >= 0.3 is 6.61 Å². The largest absolute Gasteiger partial charge is 0.493 e. The molecule has 138 valence electrons. The van der Waals surface area contributed by atoms with Crippen LogP contribution >= 0.6 is 0 Å². The molecule has 0 aliphatic carbocycles. The fourth-order valence-corrected chi connectivity index (χ4v) is 3.32. The average molecular weight is 384 g/mol. The van der Waals surface area contributed by atoms with Crippen LogP contribution in [-0.2, 0) is 16.6 Å². The number of rotatable bonds is 7. The molecule has 3 aromatic rings. The molecule has 2 aromatic heterocycles. The minimum absolute atomic E-state index is 0.0501. The van der Waals surface area contributed by atoms with Gasteiger partial charge < -0.3 is 19.2 Å². The van der Waals surface area contributed by atoms with Gasteiger partial charge in [-0.05, 0) is 12.1 Å². The van der Waals surface area contributed by atoms with Gasteiger partial charge in [-0.15, -0.1) is 0 Å². The van der Waals surface area contributed by atoms with Crippen LogP contribution in [0.25, 0.3) is 11.0 Å². The number of aromatic nitrogens is 3. The molecule has 0 saturated heterocycles. The molecule has 3 rings (SSSR count). The highest BCUT2D eigenvalue weighted by Gasteiger charge is 2.17. The molecule has 2 heterocycles. The second kappa shape index (κ2) is 7.65. The minimum atomic E-state index is -2.97. The van der Waals surface area contributed by atoms with Crippen molar-refractivity contribution >= 4 is 21.8 Å². The molecular formula is C16H15F2N3O4S. The lowest BCUT2D eigenvalue weighted by Crippen LogP contribution is -2.04. The summed E-state index contributed by atoms with van der Waals surface area (Å²) >= 11 is 0.